The molecule has 0 unspecified atom stereocenters. The van der Waals surface area contributed by atoms with E-state index < -0.39 is 11.5 Å². The Bertz CT molecular complexity index is 440. The normalized spacial score (nSPS) is 13.8. The van der Waals surface area contributed by atoms with E-state index in [1.165, 1.54) is 19.2 Å². The molecule has 0 amide bonds. The largest absolute Gasteiger partial charge is 0.507 e. The van der Waals surface area contributed by atoms with Gasteiger partial charge in [0.2, 0.25) is 0 Å². The van der Waals surface area contributed by atoms with Crippen LogP contribution in [0.25, 0.3) is 0 Å². The lowest BCUT2D eigenvalue weighted by Crippen LogP contribution is -2.47. The van der Waals surface area contributed by atoms with E-state index >= 15 is 0 Å². The lowest BCUT2D eigenvalue weighted by molar-refractivity contribution is -0.146. The van der Waals surface area contributed by atoms with Crippen LogP contribution >= 0.6 is 0 Å². The number of phenols is 1. The number of aromatic hydroxyl groups is 1. The first-order valence-electron chi connectivity index (χ1n) is 5.05. The number of phenolic OH excluding ortho intramolecular Hbond substituents is 1. The minimum atomic E-state index is -1.16. The van der Waals surface area contributed by atoms with E-state index in [1.807, 2.05) is 0 Å². The molecule has 0 aliphatic rings. The Morgan fingerprint density at radius 3 is 2.76 bits per heavy atom. The standard InChI is InChI=1S/C12H15NO4/c1-12(13,11(16)17-2)6-8-3-4-10(15)9(5-8)7-14/h3-5,7,15H,6,13H2,1-2H3/t12-/m1/s1. The maximum atomic E-state index is 11.4. The molecule has 5 heteroatoms. The zero-order valence-corrected chi connectivity index (χ0v) is 9.77. The average molecular weight is 237 g/mol. The van der Waals surface area contributed by atoms with Gasteiger partial charge in [-0.15, -0.1) is 0 Å². The Hall–Kier alpha value is -1.88. The summed E-state index contributed by atoms with van der Waals surface area (Å²) in [5, 5.41) is 9.33. The molecule has 1 aromatic rings. The Morgan fingerprint density at radius 1 is 1.59 bits per heavy atom. The Balaban J connectivity index is 2.96. The number of esters is 1. The van der Waals surface area contributed by atoms with Gasteiger partial charge in [-0.05, 0) is 24.6 Å². The first-order valence-corrected chi connectivity index (χ1v) is 5.05. The maximum Gasteiger partial charge on any atom is 0.325 e. The first kappa shape index (κ1) is 13.2. The molecular weight excluding hydrogens is 222 g/mol. The molecule has 92 valence electrons. The number of aldehydes is 1. The second-order valence-electron chi connectivity index (χ2n) is 4.10. The number of carbonyl (C=O) groups is 2. The number of rotatable bonds is 4. The van der Waals surface area contributed by atoms with E-state index in [9.17, 15) is 14.7 Å². The molecule has 1 rings (SSSR count). The molecule has 0 bridgehead atoms. The highest BCUT2D eigenvalue weighted by Crippen LogP contribution is 2.19. The van der Waals surface area contributed by atoms with Gasteiger partial charge in [0, 0.05) is 6.42 Å². The van der Waals surface area contributed by atoms with Crippen LogP contribution in [0.15, 0.2) is 18.2 Å². The number of nitrogens with two attached hydrogens (primary N) is 1. The predicted molar refractivity (Wildman–Crippen MR) is 61.8 cm³/mol. The monoisotopic (exact) mass is 237 g/mol. The third-order valence-corrected chi connectivity index (χ3v) is 2.44. The number of ether oxygens (including phenoxy) is 1. The van der Waals surface area contributed by atoms with Crippen LogP contribution in [0.2, 0.25) is 0 Å². The highest BCUT2D eigenvalue weighted by molar-refractivity contribution is 5.81. The van der Waals surface area contributed by atoms with Gasteiger partial charge in [0.15, 0.2) is 6.29 Å². The van der Waals surface area contributed by atoms with E-state index in [4.69, 9.17) is 5.73 Å². The molecule has 5 nitrogen and oxygen atoms in total. The number of benzene rings is 1. The van der Waals surface area contributed by atoms with E-state index in [-0.39, 0.29) is 17.7 Å². The van der Waals surface area contributed by atoms with Gasteiger partial charge in [-0.1, -0.05) is 6.07 Å². The summed E-state index contributed by atoms with van der Waals surface area (Å²) in [7, 11) is 1.26. The fourth-order valence-corrected chi connectivity index (χ4v) is 1.54. The van der Waals surface area contributed by atoms with Gasteiger partial charge >= 0.3 is 5.97 Å². The summed E-state index contributed by atoms with van der Waals surface area (Å²) in [5.41, 5.74) is 5.50. The van der Waals surface area contributed by atoms with E-state index in [0.29, 0.717) is 11.8 Å². The summed E-state index contributed by atoms with van der Waals surface area (Å²) in [6, 6.07) is 4.50. The minimum absolute atomic E-state index is 0.0967. The summed E-state index contributed by atoms with van der Waals surface area (Å²) in [4.78, 5) is 22.0. The van der Waals surface area contributed by atoms with Gasteiger partial charge in [-0.3, -0.25) is 9.59 Å². The molecule has 0 aliphatic carbocycles. The van der Waals surface area contributed by atoms with Gasteiger partial charge in [-0.2, -0.15) is 0 Å². The number of carbonyl (C=O) groups excluding carboxylic acids is 2. The zero-order chi connectivity index (χ0) is 13.1. The van der Waals surface area contributed by atoms with Gasteiger partial charge < -0.3 is 15.6 Å². The summed E-state index contributed by atoms with van der Waals surface area (Å²) < 4.78 is 4.58. The van der Waals surface area contributed by atoms with Crippen LogP contribution in [0.1, 0.15) is 22.8 Å². The molecule has 0 saturated heterocycles. The zero-order valence-electron chi connectivity index (χ0n) is 9.77. The number of hydrogen-bond donors (Lipinski definition) is 2. The van der Waals surface area contributed by atoms with Gasteiger partial charge in [0.25, 0.3) is 0 Å². The number of hydrogen-bond acceptors (Lipinski definition) is 5. The Kier molecular flexibility index (Phi) is 3.85. The molecule has 0 radical (unpaired) electrons. The third kappa shape index (κ3) is 3.04. The molecule has 17 heavy (non-hydrogen) atoms. The lowest BCUT2D eigenvalue weighted by Gasteiger charge is -2.21. The molecule has 3 N–H and O–H groups in total. The van der Waals surface area contributed by atoms with Crippen LogP contribution in [0, 0.1) is 0 Å². The molecule has 0 heterocycles. The van der Waals surface area contributed by atoms with Gasteiger partial charge in [-0.25, -0.2) is 0 Å². The maximum absolute atomic E-state index is 11.4. The SMILES string of the molecule is COC(=O)[C@](C)(N)Cc1ccc(O)c(C=O)c1. The summed E-state index contributed by atoms with van der Waals surface area (Å²) in [6.45, 7) is 1.55. The van der Waals surface area contributed by atoms with Crippen molar-refractivity contribution in [1.29, 1.82) is 0 Å². The van der Waals surface area contributed by atoms with Crippen molar-refractivity contribution >= 4 is 12.3 Å². The fraction of sp³-hybridized carbons (Fsp3) is 0.333. The second kappa shape index (κ2) is 4.97. The van der Waals surface area contributed by atoms with Crippen molar-refractivity contribution in [3.8, 4) is 5.75 Å². The number of methoxy groups -OCH3 is 1. The van der Waals surface area contributed by atoms with Crippen LogP contribution < -0.4 is 5.73 Å². The first-order chi connectivity index (χ1) is 7.90. The van der Waals surface area contributed by atoms with E-state index in [0.717, 1.165) is 0 Å². The summed E-state index contributed by atoms with van der Waals surface area (Å²) >= 11 is 0. The molecule has 0 saturated carbocycles. The summed E-state index contributed by atoms with van der Waals surface area (Å²) in [6.07, 6.45) is 0.769. The van der Waals surface area contributed by atoms with Crippen molar-refractivity contribution in [2.24, 2.45) is 5.73 Å². The molecule has 0 aliphatic heterocycles. The molecular formula is C12H15NO4. The smallest absolute Gasteiger partial charge is 0.325 e. The summed E-state index contributed by atoms with van der Waals surface area (Å²) in [5.74, 6) is -0.626. The molecule has 1 atom stereocenters. The van der Waals surface area contributed by atoms with E-state index in [1.54, 1.807) is 13.0 Å². The quantitative estimate of drug-likeness (QED) is 0.592. The van der Waals surface area contributed by atoms with Crippen molar-refractivity contribution < 1.29 is 19.4 Å². The van der Waals surface area contributed by atoms with Crippen molar-refractivity contribution in [2.45, 2.75) is 18.9 Å². The van der Waals surface area contributed by atoms with Crippen LogP contribution in [0.4, 0.5) is 0 Å². The predicted octanol–water partition coefficient (Wildman–Crippen LogP) is 0.638. The average Bonchev–Trinajstić information content (AvgIpc) is 2.30. The lowest BCUT2D eigenvalue weighted by atomic mass is 9.93. The minimum Gasteiger partial charge on any atom is -0.507 e. The van der Waals surface area contributed by atoms with Crippen LogP contribution in [0.5, 0.6) is 5.75 Å². The topological polar surface area (TPSA) is 89.6 Å². The molecule has 0 aromatic heterocycles. The van der Waals surface area contributed by atoms with E-state index in [2.05, 4.69) is 4.74 Å². The Labute approximate surface area is 99.2 Å². The van der Waals surface area contributed by atoms with Crippen molar-refractivity contribution in [3.63, 3.8) is 0 Å². The second-order valence-corrected chi connectivity index (χ2v) is 4.10. The van der Waals surface area contributed by atoms with Gasteiger partial charge in [0.05, 0.1) is 12.7 Å². The third-order valence-electron chi connectivity index (χ3n) is 2.44. The molecule has 0 fully saturated rings. The van der Waals surface area contributed by atoms with Gasteiger partial charge in [0.1, 0.15) is 11.3 Å². The van der Waals surface area contributed by atoms with Crippen LogP contribution in [-0.2, 0) is 16.0 Å². The highest BCUT2D eigenvalue weighted by Gasteiger charge is 2.29. The van der Waals surface area contributed by atoms with Crippen molar-refractivity contribution in [1.82, 2.24) is 0 Å². The van der Waals surface area contributed by atoms with Crippen LogP contribution in [0.3, 0.4) is 0 Å². The highest BCUT2D eigenvalue weighted by atomic mass is 16.5. The molecule has 1 aromatic carbocycles. The van der Waals surface area contributed by atoms with Crippen molar-refractivity contribution in [3.05, 3.63) is 29.3 Å². The van der Waals surface area contributed by atoms with Crippen molar-refractivity contribution in [2.75, 3.05) is 7.11 Å². The molecule has 0 spiro atoms. The van der Waals surface area contributed by atoms with Crippen LogP contribution in [-0.4, -0.2) is 30.0 Å². The fourth-order valence-electron chi connectivity index (χ4n) is 1.54. The Morgan fingerprint density at radius 2 is 2.24 bits per heavy atom.